The summed E-state index contributed by atoms with van der Waals surface area (Å²) in [6, 6.07) is 0. The van der Waals surface area contributed by atoms with E-state index in [0.717, 1.165) is 109 Å². The lowest BCUT2D eigenvalue weighted by Crippen LogP contribution is -2.30. The molecule has 0 aromatic carbocycles. The Morgan fingerprint density at radius 1 is 0.292 bits per heavy atom. The van der Waals surface area contributed by atoms with Gasteiger partial charge < -0.3 is 14.2 Å². The zero-order chi connectivity index (χ0) is 52.2. The summed E-state index contributed by atoms with van der Waals surface area (Å²) in [6.07, 6.45) is 83.1. The van der Waals surface area contributed by atoms with Crippen LogP contribution in [0.4, 0.5) is 0 Å². The smallest absolute Gasteiger partial charge is 0.306 e. The van der Waals surface area contributed by atoms with Crippen LogP contribution in [0.5, 0.6) is 0 Å². The predicted molar refractivity (Wildman–Crippen MR) is 311 cm³/mol. The molecule has 0 heterocycles. The molecule has 0 amide bonds. The lowest BCUT2D eigenvalue weighted by molar-refractivity contribution is -0.166. The van der Waals surface area contributed by atoms with Crippen molar-refractivity contribution in [2.45, 2.75) is 252 Å². The van der Waals surface area contributed by atoms with Crippen molar-refractivity contribution in [3.05, 3.63) is 134 Å². The van der Waals surface area contributed by atoms with E-state index in [-0.39, 0.29) is 44.0 Å². The first-order valence-electron chi connectivity index (χ1n) is 29.2. The molecule has 6 heteroatoms. The Hall–Kier alpha value is -4.45. The van der Waals surface area contributed by atoms with Crippen molar-refractivity contribution in [1.82, 2.24) is 0 Å². The lowest BCUT2D eigenvalue weighted by atomic mass is 10.0. The second kappa shape index (κ2) is 59.1. The fourth-order valence-corrected chi connectivity index (χ4v) is 7.61. The van der Waals surface area contributed by atoms with Gasteiger partial charge in [-0.2, -0.15) is 0 Å². The SMILES string of the molecule is CC/C=C/C/C=C/C/C=C/C/C=C/C/C=C/C/C=C/CCC(=O)OC[C@@H](COC(=O)CCCCCCCCCCCCCCCCCC)OC(=O)CCCCC/C=C/C/C=C/C/C=C/C/C=C/C/C=C/CC. The van der Waals surface area contributed by atoms with Gasteiger partial charge in [0.05, 0.1) is 0 Å². The average molecular weight is 996 g/mol. The van der Waals surface area contributed by atoms with E-state index in [4.69, 9.17) is 14.2 Å². The molecule has 0 unspecified atom stereocenters. The van der Waals surface area contributed by atoms with Crippen molar-refractivity contribution >= 4 is 17.9 Å². The van der Waals surface area contributed by atoms with Crippen molar-refractivity contribution in [3.63, 3.8) is 0 Å². The van der Waals surface area contributed by atoms with E-state index in [2.05, 4.69) is 148 Å². The van der Waals surface area contributed by atoms with E-state index in [9.17, 15) is 14.4 Å². The fraction of sp³-hybridized carbons (Fsp3) is 0.621. The molecule has 0 fully saturated rings. The van der Waals surface area contributed by atoms with E-state index in [0.29, 0.717) is 19.3 Å². The number of allylic oxidation sites excluding steroid dienone is 22. The zero-order valence-corrected chi connectivity index (χ0v) is 46.4. The molecule has 0 spiro atoms. The number of ether oxygens (including phenoxy) is 3. The molecule has 6 nitrogen and oxygen atoms in total. The summed E-state index contributed by atoms with van der Waals surface area (Å²) in [5, 5.41) is 0. The summed E-state index contributed by atoms with van der Waals surface area (Å²) >= 11 is 0. The predicted octanol–water partition coefficient (Wildman–Crippen LogP) is 19.8. The molecule has 0 aliphatic rings. The van der Waals surface area contributed by atoms with Gasteiger partial charge in [0.15, 0.2) is 6.10 Å². The fourth-order valence-electron chi connectivity index (χ4n) is 7.61. The second-order valence-electron chi connectivity index (χ2n) is 18.8. The van der Waals surface area contributed by atoms with E-state index in [1.165, 1.54) is 83.5 Å². The quantitative estimate of drug-likeness (QED) is 0.0261. The maximum Gasteiger partial charge on any atom is 0.306 e. The molecule has 0 radical (unpaired) electrons. The van der Waals surface area contributed by atoms with Crippen LogP contribution in [0, 0.1) is 0 Å². The Bertz CT molecular complexity index is 1560. The molecule has 0 saturated carbocycles. The molecular weight excluding hydrogens is 889 g/mol. The van der Waals surface area contributed by atoms with Gasteiger partial charge in [0.2, 0.25) is 0 Å². The number of rotatable bonds is 51. The maximum absolute atomic E-state index is 12.9. The van der Waals surface area contributed by atoms with Crippen molar-refractivity contribution in [3.8, 4) is 0 Å². The van der Waals surface area contributed by atoms with Crippen LogP contribution in [0.3, 0.4) is 0 Å². The molecule has 0 aliphatic heterocycles. The minimum absolute atomic E-state index is 0.117. The van der Waals surface area contributed by atoms with Crippen LogP contribution in [-0.4, -0.2) is 37.2 Å². The Kier molecular flexibility index (Phi) is 55.5. The Labute approximate surface area is 443 Å². The Morgan fingerprint density at radius 2 is 0.569 bits per heavy atom. The number of carbonyl (C=O) groups is 3. The highest BCUT2D eigenvalue weighted by Crippen LogP contribution is 2.15. The van der Waals surface area contributed by atoms with Gasteiger partial charge in [-0.1, -0.05) is 257 Å². The van der Waals surface area contributed by atoms with Crippen LogP contribution in [0.2, 0.25) is 0 Å². The normalized spacial score (nSPS) is 13.1. The third-order valence-electron chi connectivity index (χ3n) is 11.9. The van der Waals surface area contributed by atoms with Crippen LogP contribution in [0.25, 0.3) is 0 Å². The first-order chi connectivity index (χ1) is 35.5. The molecule has 0 aromatic heterocycles. The topological polar surface area (TPSA) is 78.9 Å². The van der Waals surface area contributed by atoms with Crippen LogP contribution < -0.4 is 0 Å². The van der Waals surface area contributed by atoms with Crippen molar-refractivity contribution in [2.75, 3.05) is 13.2 Å². The standard InChI is InChI=1S/C66H106O6/c1-4-7-10-13-16-19-22-25-28-31-33-35-38-41-44-47-50-53-56-59-65(68)71-62-63(61-70-64(67)58-55-52-49-46-43-40-37-30-27-24-21-18-15-12-9-6-3)72-66(69)60-57-54-51-48-45-42-39-36-34-32-29-26-23-20-17-14-11-8-5-2/h7-8,10-11,16-17,19-20,25-26,28-29,33-36,41-42,44-45,50,53,63H,4-6,9,12-15,18,21-24,27,30-32,37-40,43,46-49,51-52,54-62H2,1-3H3/b10-7+,11-8+,19-16+,20-17+,28-25+,29-26+,35-33+,36-34+,44-41+,45-42+,53-50+/t63-/m1/s1. The highest BCUT2D eigenvalue weighted by atomic mass is 16.6. The van der Waals surface area contributed by atoms with Crippen molar-refractivity contribution < 1.29 is 28.6 Å². The molecule has 406 valence electrons. The summed E-state index contributed by atoms with van der Waals surface area (Å²) in [4.78, 5) is 38.2. The summed E-state index contributed by atoms with van der Waals surface area (Å²) < 4.78 is 16.8. The Balaban J connectivity index is 4.58. The molecule has 0 bridgehead atoms. The van der Waals surface area contributed by atoms with Gasteiger partial charge in [-0.25, -0.2) is 0 Å². The molecule has 0 aromatic rings. The minimum Gasteiger partial charge on any atom is -0.462 e. The minimum atomic E-state index is -0.830. The summed E-state index contributed by atoms with van der Waals surface area (Å²) in [6.45, 7) is 6.32. The van der Waals surface area contributed by atoms with Gasteiger partial charge in [-0.15, -0.1) is 0 Å². The van der Waals surface area contributed by atoms with Crippen molar-refractivity contribution in [2.24, 2.45) is 0 Å². The van der Waals surface area contributed by atoms with E-state index >= 15 is 0 Å². The van der Waals surface area contributed by atoms with Gasteiger partial charge in [0, 0.05) is 19.3 Å². The molecule has 0 aliphatic carbocycles. The Morgan fingerprint density at radius 3 is 0.931 bits per heavy atom. The van der Waals surface area contributed by atoms with E-state index < -0.39 is 6.10 Å². The number of unbranched alkanes of at least 4 members (excludes halogenated alkanes) is 18. The van der Waals surface area contributed by atoms with E-state index in [1.54, 1.807) is 0 Å². The first-order valence-corrected chi connectivity index (χ1v) is 29.2. The molecule has 0 rings (SSSR count). The number of hydrogen-bond donors (Lipinski definition) is 0. The van der Waals surface area contributed by atoms with Gasteiger partial charge in [-0.3, -0.25) is 14.4 Å². The summed E-state index contributed by atoms with van der Waals surface area (Å²) in [5.41, 5.74) is 0. The number of esters is 3. The molecule has 0 saturated heterocycles. The zero-order valence-electron chi connectivity index (χ0n) is 46.4. The largest absolute Gasteiger partial charge is 0.462 e. The third-order valence-corrected chi connectivity index (χ3v) is 11.9. The second-order valence-corrected chi connectivity index (χ2v) is 18.8. The van der Waals surface area contributed by atoms with E-state index in [1.807, 2.05) is 6.08 Å². The molecule has 0 N–H and O–H groups in total. The highest BCUT2D eigenvalue weighted by molar-refractivity contribution is 5.71. The maximum atomic E-state index is 12.9. The monoisotopic (exact) mass is 995 g/mol. The van der Waals surface area contributed by atoms with Gasteiger partial charge in [0.1, 0.15) is 13.2 Å². The van der Waals surface area contributed by atoms with Crippen LogP contribution in [0.1, 0.15) is 245 Å². The molecule has 72 heavy (non-hydrogen) atoms. The van der Waals surface area contributed by atoms with Gasteiger partial charge >= 0.3 is 17.9 Å². The molecule has 1 atom stereocenters. The third kappa shape index (κ3) is 56.5. The van der Waals surface area contributed by atoms with Crippen LogP contribution in [-0.2, 0) is 28.6 Å². The average Bonchev–Trinajstić information content (AvgIpc) is 3.38. The lowest BCUT2D eigenvalue weighted by Gasteiger charge is -2.18. The molecular formula is C66H106O6. The highest BCUT2D eigenvalue weighted by Gasteiger charge is 2.19. The van der Waals surface area contributed by atoms with Gasteiger partial charge in [0.25, 0.3) is 0 Å². The summed E-state index contributed by atoms with van der Waals surface area (Å²) in [5.74, 6) is -1.04. The summed E-state index contributed by atoms with van der Waals surface area (Å²) in [7, 11) is 0. The number of carbonyl (C=O) groups excluding carboxylic acids is 3. The van der Waals surface area contributed by atoms with Gasteiger partial charge in [-0.05, 0) is 103 Å². The van der Waals surface area contributed by atoms with Crippen LogP contribution in [0.15, 0.2) is 134 Å². The number of hydrogen-bond acceptors (Lipinski definition) is 6. The van der Waals surface area contributed by atoms with Crippen LogP contribution >= 0.6 is 0 Å². The first kappa shape index (κ1) is 67.5. The van der Waals surface area contributed by atoms with Crippen molar-refractivity contribution in [1.29, 1.82) is 0 Å².